The molecule has 0 bridgehead atoms. The molecule has 0 atom stereocenters. The number of hydrogen-bond acceptors (Lipinski definition) is 3. The lowest BCUT2D eigenvalue weighted by molar-refractivity contribution is 0.320. The average molecular weight is 245 g/mol. The summed E-state index contributed by atoms with van der Waals surface area (Å²) in [6, 6.07) is 10.1. The van der Waals surface area contributed by atoms with Gasteiger partial charge in [0, 0.05) is 19.5 Å². The highest BCUT2D eigenvalue weighted by molar-refractivity contribution is 5.31. The van der Waals surface area contributed by atoms with Crippen LogP contribution in [0.1, 0.15) is 18.2 Å². The highest BCUT2D eigenvalue weighted by atomic mass is 16.5. The largest absolute Gasteiger partial charge is 0.493 e. The van der Waals surface area contributed by atoms with Crippen LogP contribution < -0.4 is 10.5 Å². The van der Waals surface area contributed by atoms with E-state index in [2.05, 4.69) is 24.2 Å². The maximum Gasteiger partial charge on any atom is 0.121 e. The number of aryl methyl sites for hydroxylation is 2. The van der Waals surface area contributed by atoms with Crippen LogP contribution in [0, 0.1) is 0 Å². The normalized spacial score (nSPS) is 10.6. The van der Waals surface area contributed by atoms with Crippen molar-refractivity contribution < 1.29 is 4.74 Å². The van der Waals surface area contributed by atoms with Crippen LogP contribution in [0.2, 0.25) is 0 Å². The third-order valence-electron chi connectivity index (χ3n) is 2.90. The molecule has 0 saturated heterocycles. The van der Waals surface area contributed by atoms with Crippen molar-refractivity contribution in [3.8, 4) is 5.75 Å². The van der Waals surface area contributed by atoms with Crippen molar-refractivity contribution in [2.24, 2.45) is 7.05 Å². The molecule has 2 aromatic rings. The lowest BCUT2D eigenvalue weighted by Gasteiger charge is -2.06. The van der Waals surface area contributed by atoms with Crippen LogP contribution in [0.4, 0.5) is 5.82 Å². The molecule has 0 aliphatic heterocycles. The van der Waals surface area contributed by atoms with Gasteiger partial charge in [-0.05, 0) is 24.1 Å². The second kappa shape index (κ2) is 5.58. The molecule has 1 aromatic heterocycles. The highest BCUT2D eigenvalue weighted by Crippen LogP contribution is 2.14. The molecule has 0 aliphatic rings. The minimum Gasteiger partial charge on any atom is -0.493 e. The fourth-order valence-corrected chi connectivity index (χ4v) is 1.79. The molecule has 4 nitrogen and oxygen atoms in total. The van der Waals surface area contributed by atoms with Gasteiger partial charge in [-0.15, -0.1) is 0 Å². The van der Waals surface area contributed by atoms with Crippen LogP contribution in [0.5, 0.6) is 5.75 Å². The van der Waals surface area contributed by atoms with Gasteiger partial charge in [0.25, 0.3) is 0 Å². The molecule has 2 rings (SSSR count). The van der Waals surface area contributed by atoms with E-state index < -0.39 is 0 Å². The summed E-state index contributed by atoms with van der Waals surface area (Å²) in [5, 5.41) is 4.29. The number of hydrogen-bond donors (Lipinski definition) is 1. The van der Waals surface area contributed by atoms with E-state index in [9.17, 15) is 0 Å². The summed E-state index contributed by atoms with van der Waals surface area (Å²) < 4.78 is 7.39. The van der Waals surface area contributed by atoms with Crippen LogP contribution in [0.15, 0.2) is 30.3 Å². The fraction of sp³-hybridized carbons (Fsp3) is 0.357. The molecule has 0 fully saturated rings. The minimum atomic E-state index is 0.615. The maximum atomic E-state index is 5.72. The molecule has 4 heteroatoms. The standard InChI is InChI=1S/C14H19N3O/c1-3-11-5-4-6-13(9-11)18-8-7-12-10-14(15)17(2)16-12/h4-6,9-10H,3,7-8,15H2,1-2H3. The number of nitrogens with zero attached hydrogens (tertiary/aromatic N) is 2. The van der Waals surface area contributed by atoms with Gasteiger partial charge in [0.05, 0.1) is 12.3 Å². The Labute approximate surface area is 107 Å². The Bertz CT molecular complexity index is 500. The van der Waals surface area contributed by atoms with Gasteiger partial charge in [-0.3, -0.25) is 4.68 Å². The van der Waals surface area contributed by atoms with Gasteiger partial charge < -0.3 is 10.5 Å². The predicted molar refractivity (Wildman–Crippen MR) is 72.6 cm³/mol. The van der Waals surface area contributed by atoms with E-state index in [0.29, 0.717) is 12.4 Å². The summed E-state index contributed by atoms with van der Waals surface area (Å²) in [6.45, 7) is 2.75. The fourth-order valence-electron chi connectivity index (χ4n) is 1.79. The highest BCUT2D eigenvalue weighted by Gasteiger charge is 2.02. The Morgan fingerprint density at radius 1 is 1.33 bits per heavy atom. The van der Waals surface area contributed by atoms with E-state index in [1.54, 1.807) is 4.68 Å². The lowest BCUT2D eigenvalue weighted by atomic mass is 10.2. The molecule has 2 N–H and O–H groups in total. The van der Waals surface area contributed by atoms with E-state index in [4.69, 9.17) is 10.5 Å². The molecule has 0 amide bonds. The number of ether oxygens (including phenoxy) is 1. The summed E-state index contributed by atoms with van der Waals surface area (Å²) >= 11 is 0. The topological polar surface area (TPSA) is 53.1 Å². The second-order valence-electron chi connectivity index (χ2n) is 4.28. The third-order valence-corrected chi connectivity index (χ3v) is 2.90. The second-order valence-corrected chi connectivity index (χ2v) is 4.28. The zero-order valence-electron chi connectivity index (χ0n) is 10.9. The average Bonchev–Trinajstić information content (AvgIpc) is 2.69. The number of rotatable bonds is 5. The van der Waals surface area contributed by atoms with Gasteiger partial charge in [0.15, 0.2) is 0 Å². The van der Waals surface area contributed by atoms with Gasteiger partial charge in [0.1, 0.15) is 11.6 Å². The molecular formula is C14H19N3O. The number of aromatic nitrogens is 2. The molecule has 18 heavy (non-hydrogen) atoms. The van der Waals surface area contributed by atoms with Crippen molar-refractivity contribution in [3.63, 3.8) is 0 Å². The first-order valence-electron chi connectivity index (χ1n) is 6.19. The van der Waals surface area contributed by atoms with Crippen molar-refractivity contribution in [1.82, 2.24) is 9.78 Å². The SMILES string of the molecule is CCc1cccc(OCCc2cc(N)n(C)n2)c1. The van der Waals surface area contributed by atoms with Crippen molar-refractivity contribution >= 4 is 5.82 Å². The minimum absolute atomic E-state index is 0.615. The zero-order chi connectivity index (χ0) is 13.0. The van der Waals surface area contributed by atoms with Crippen LogP contribution in [-0.4, -0.2) is 16.4 Å². The van der Waals surface area contributed by atoms with E-state index in [-0.39, 0.29) is 0 Å². The maximum absolute atomic E-state index is 5.72. The Morgan fingerprint density at radius 3 is 2.83 bits per heavy atom. The third kappa shape index (κ3) is 3.03. The quantitative estimate of drug-likeness (QED) is 0.878. The Hall–Kier alpha value is -1.97. The number of nitrogens with two attached hydrogens (primary N) is 1. The van der Waals surface area contributed by atoms with Crippen LogP contribution in [0.25, 0.3) is 0 Å². The molecule has 0 unspecified atom stereocenters. The van der Waals surface area contributed by atoms with Gasteiger partial charge >= 0.3 is 0 Å². The van der Waals surface area contributed by atoms with Crippen molar-refractivity contribution in [2.45, 2.75) is 19.8 Å². The summed E-state index contributed by atoms with van der Waals surface area (Å²) in [5.74, 6) is 1.59. The van der Waals surface area contributed by atoms with E-state index >= 15 is 0 Å². The lowest BCUT2D eigenvalue weighted by Crippen LogP contribution is -2.03. The molecule has 1 heterocycles. The molecular weight excluding hydrogens is 226 g/mol. The summed E-state index contributed by atoms with van der Waals surface area (Å²) in [6.07, 6.45) is 1.79. The molecule has 0 aliphatic carbocycles. The molecule has 1 aromatic carbocycles. The zero-order valence-corrected chi connectivity index (χ0v) is 10.9. The first-order valence-corrected chi connectivity index (χ1v) is 6.19. The van der Waals surface area contributed by atoms with Gasteiger partial charge in [-0.25, -0.2) is 0 Å². The molecule has 0 saturated carbocycles. The number of nitrogen functional groups attached to an aromatic ring is 1. The number of benzene rings is 1. The van der Waals surface area contributed by atoms with Crippen LogP contribution in [0.3, 0.4) is 0 Å². The first-order chi connectivity index (χ1) is 8.69. The Balaban J connectivity index is 1.88. The summed E-state index contributed by atoms with van der Waals surface area (Å²) in [4.78, 5) is 0. The van der Waals surface area contributed by atoms with Crippen molar-refractivity contribution in [3.05, 3.63) is 41.6 Å². The monoisotopic (exact) mass is 245 g/mol. The van der Waals surface area contributed by atoms with Gasteiger partial charge in [-0.2, -0.15) is 5.10 Å². The van der Waals surface area contributed by atoms with Crippen molar-refractivity contribution in [1.29, 1.82) is 0 Å². The summed E-state index contributed by atoms with van der Waals surface area (Å²) in [5.41, 5.74) is 7.97. The molecule has 0 spiro atoms. The van der Waals surface area contributed by atoms with E-state index in [0.717, 1.165) is 24.3 Å². The first kappa shape index (κ1) is 12.5. The predicted octanol–water partition coefficient (Wildman–Crippen LogP) is 2.19. The van der Waals surface area contributed by atoms with E-state index in [1.807, 2.05) is 25.2 Å². The Morgan fingerprint density at radius 2 is 2.17 bits per heavy atom. The van der Waals surface area contributed by atoms with Crippen LogP contribution >= 0.6 is 0 Å². The summed E-state index contributed by atoms with van der Waals surface area (Å²) in [7, 11) is 1.84. The molecule has 0 radical (unpaired) electrons. The van der Waals surface area contributed by atoms with E-state index in [1.165, 1.54) is 5.56 Å². The van der Waals surface area contributed by atoms with Crippen LogP contribution in [-0.2, 0) is 19.9 Å². The molecule has 96 valence electrons. The smallest absolute Gasteiger partial charge is 0.121 e. The van der Waals surface area contributed by atoms with Crippen molar-refractivity contribution in [2.75, 3.05) is 12.3 Å². The van der Waals surface area contributed by atoms with Gasteiger partial charge in [-0.1, -0.05) is 19.1 Å². The Kier molecular flexibility index (Phi) is 3.87. The van der Waals surface area contributed by atoms with Gasteiger partial charge in [0.2, 0.25) is 0 Å². The number of anilines is 1.